The van der Waals surface area contributed by atoms with Gasteiger partial charge in [-0.1, -0.05) is 19.8 Å². The Morgan fingerprint density at radius 1 is 1.22 bits per heavy atom. The van der Waals surface area contributed by atoms with Crippen molar-refractivity contribution in [3.8, 4) is 0 Å². The van der Waals surface area contributed by atoms with E-state index in [4.69, 9.17) is 5.73 Å². The molecule has 18 heavy (non-hydrogen) atoms. The Bertz CT molecular complexity index is 353. The molecule has 2 N–H and O–H groups in total. The van der Waals surface area contributed by atoms with Gasteiger partial charge >= 0.3 is 0 Å². The van der Waals surface area contributed by atoms with Crippen LogP contribution in [0.2, 0.25) is 0 Å². The van der Waals surface area contributed by atoms with E-state index >= 15 is 0 Å². The molecule has 102 valence electrons. The number of rotatable bonds is 4. The van der Waals surface area contributed by atoms with E-state index in [1.807, 2.05) is 11.3 Å². The number of hydrogen-bond donors (Lipinski definition) is 1. The molecule has 2 nitrogen and oxygen atoms in total. The van der Waals surface area contributed by atoms with Gasteiger partial charge in [0.15, 0.2) is 0 Å². The predicted octanol–water partition coefficient (Wildman–Crippen LogP) is 3.71. The van der Waals surface area contributed by atoms with Crippen LogP contribution in [0.3, 0.4) is 0 Å². The first-order valence-electron chi connectivity index (χ1n) is 7.28. The van der Waals surface area contributed by atoms with Crippen molar-refractivity contribution in [2.75, 3.05) is 13.1 Å². The zero-order valence-electron chi connectivity index (χ0n) is 11.7. The van der Waals surface area contributed by atoms with Crippen LogP contribution in [0.1, 0.15) is 54.8 Å². The largest absolute Gasteiger partial charge is 0.326 e. The lowest BCUT2D eigenvalue weighted by atomic mass is 10.0. The third-order valence-corrected chi connectivity index (χ3v) is 5.03. The maximum atomic E-state index is 6.41. The van der Waals surface area contributed by atoms with Gasteiger partial charge < -0.3 is 5.73 Å². The Kier molecular flexibility index (Phi) is 5.22. The summed E-state index contributed by atoms with van der Waals surface area (Å²) in [5.74, 6) is 0. The van der Waals surface area contributed by atoms with E-state index < -0.39 is 0 Å². The molecule has 2 rings (SSSR count). The molecule has 0 radical (unpaired) electrons. The smallest absolute Gasteiger partial charge is 0.0593 e. The normalized spacial score (nSPS) is 21.5. The lowest BCUT2D eigenvalue weighted by Gasteiger charge is -2.34. The molecule has 2 unspecified atom stereocenters. The number of nitrogens with zero attached hydrogens (tertiary/aromatic N) is 1. The summed E-state index contributed by atoms with van der Waals surface area (Å²) in [5.41, 5.74) is 6.41. The van der Waals surface area contributed by atoms with Crippen molar-refractivity contribution in [2.45, 2.75) is 58.0 Å². The highest BCUT2D eigenvalue weighted by molar-refractivity contribution is 7.12. The monoisotopic (exact) mass is 266 g/mol. The first-order valence-corrected chi connectivity index (χ1v) is 8.10. The molecule has 0 aromatic carbocycles. The van der Waals surface area contributed by atoms with E-state index in [1.165, 1.54) is 48.5 Å². The van der Waals surface area contributed by atoms with Gasteiger partial charge in [0, 0.05) is 15.8 Å². The van der Waals surface area contributed by atoms with Gasteiger partial charge in [0.25, 0.3) is 0 Å². The maximum Gasteiger partial charge on any atom is 0.0593 e. The minimum Gasteiger partial charge on any atom is -0.326 e. The highest BCUT2D eigenvalue weighted by Gasteiger charge is 2.27. The first kappa shape index (κ1) is 14.0. The van der Waals surface area contributed by atoms with Gasteiger partial charge in [-0.05, 0) is 51.4 Å². The summed E-state index contributed by atoms with van der Waals surface area (Å²) in [6.45, 7) is 6.83. The van der Waals surface area contributed by atoms with Crippen molar-refractivity contribution in [3.05, 3.63) is 21.9 Å². The number of thiophene rings is 1. The fraction of sp³-hybridized carbons (Fsp3) is 0.733. The van der Waals surface area contributed by atoms with Crippen molar-refractivity contribution in [1.29, 1.82) is 0 Å². The van der Waals surface area contributed by atoms with E-state index in [0.717, 1.165) is 6.42 Å². The molecule has 2 atom stereocenters. The van der Waals surface area contributed by atoms with Crippen molar-refractivity contribution in [1.82, 2.24) is 4.90 Å². The maximum absolute atomic E-state index is 6.41. The summed E-state index contributed by atoms with van der Waals surface area (Å²) >= 11 is 1.92. The molecular weight excluding hydrogens is 240 g/mol. The Balaban J connectivity index is 2.18. The molecule has 2 heterocycles. The number of hydrogen-bond acceptors (Lipinski definition) is 3. The molecule has 0 spiro atoms. The van der Waals surface area contributed by atoms with Crippen molar-refractivity contribution >= 4 is 11.3 Å². The fourth-order valence-electron chi connectivity index (χ4n) is 2.87. The highest BCUT2D eigenvalue weighted by atomic mass is 32.1. The second-order valence-corrected chi connectivity index (χ2v) is 6.74. The van der Waals surface area contributed by atoms with Crippen LogP contribution in [0.15, 0.2) is 12.1 Å². The van der Waals surface area contributed by atoms with Crippen molar-refractivity contribution in [3.63, 3.8) is 0 Å². The lowest BCUT2D eigenvalue weighted by Crippen LogP contribution is -2.41. The summed E-state index contributed by atoms with van der Waals surface area (Å²) in [6, 6.07) is 5.21. The average Bonchev–Trinajstić information content (AvgIpc) is 2.64. The molecule has 1 saturated heterocycles. The minimum atomic E-state index is 0.265. The van der Waals surface area contributed by atoms with Crippen molar-refractivity contribution < 1.29 is 0 Å². The van der Waals surface area contributed by atoms with Gasteiger partial charge in [-0.2, -0.15) is 0 Å². The van der Waals surface area contributed by atoms with Gasteiger partial charge in [0.1, 0.15) is 0 Å². The Morgan fingerprint density at radius 3 is 2.39 bits per heavy atom. The van der Waals surface area contributed by atoms with Gasteiger partial charge in [0.2, 0.25) is 0 Å². The van der Waals surface area contributed by atoms with Crippen LogP contribution in [-0.4, -0.2) is 24.0 Å². The number of nitrogens with two attached hydrogens (primary N) is 1. The molecule has 0 aliphatic carbocycles. The number of aryl methyl sites for hydroxylation is 1. The van der Waals surface area contributed by atoms with E-state index in [2.05, 4.69) is 30.9 Å². The van der Waals surface area contributed by atoms with E-state index in [1.54, 1.807) is 0 Å². The van der Waals surface area contributed by atoms with Crippen LogP contribution < -0.4 is 5.73 Å². The molecule has 1 aliphatic heterocycles. The predicted molar refractivity (Wildman–Crippen MR) is 80.1 cm³/mol. The molecule has 0 amide bonds. The molecular formula is C15H26N2S. The number of likely N-dealkylation sites (tertiary alicyclic amines) is 1. The molecule has 1 fully saturated rings. The zero-order valence-corrected chi connectivity index (χ0v) is 12.5. The van der Waals surface area contributed by atoms with E-state index in [9.17, 15) is 0 Å². The molecule has 1 aromatic rings. The van der Waals surface area contributed by atoms with Gasteiger partial charge in [-0.15, -0.1) is 11.3 Å². The van der Waals surface area contributed by atoms with Crippen LogP contribution in [-0.2, 0) is 0 Å². The van der Waals surface area contributed by atoms with Gasteiger partial charge in [-0.25, -0.2) is 0 Å². The third-order valence-electron chi connectivity index (χ3n) is 3.96. The summed E-state index contributed by atoms with van der Waals surface area (Å²) in [7, 11) is 0. The van der Waals surface area contributed by atoms with Crippen LogP contribution in [0.25, 0.3) is 0 Å². The van der Waals surface area contributed by atoms with E-state index in [-0.39, 0.29) is 6.04 Å². The summed E-state index contributed by atoms with van der Waals surface area (Å²) < 4.78 is 0. The van der Waals surface area contributed by atoms with Crippen LogP contribution in [0.5, 0.6) is 0 Å². The Morgan fingerprint density at radius 2 is 1.89 bits per heavy atom. The van der Waals surface area contributed by atoms with E-state index in [0.29, 0.717) is 6.04 Å². The van der Waals surface area contributed by atoms with Gasteiger partial charge in [0.05, 0.1) is 6.04 Å². The third kappa shape index (κ3) is 3.34. The quantitative estimate of drug-likeness (QED) is 0.900. The van der Waals surface area contributed by atoms with Gasteiger partial charge in [-0.3, -0.25) is 4.90 Å². The van der Waals surface area contributed by atoms with Crippen LogP contribution in [0.4, 0.5) is 0 Å². The Labute approximate surface area is 115 Å². The SMILES string of the molecule is CCC(N)C(c1ccc(C)s1)N1CCCCCC1. The summed E-state index contributed by atoms with van der Waals surface area (Å²) in [5, 5.41) is 0. The topological polar surface area (TPSA) is 29.3 Å². The highest BCUT2D eigenvalue weighted by Crippen LogP contribution is 2.32. The minimum absolute atomic E-state index is 0.265. The molecule has 1 aromatic heterocycles. The second-order valence-electron chi connectivity index (χ2n) is 5.42. The standard InChI is InChI=1S/C15H26N2S/c1-3-13(16)15(14-9-8-12(2)18-14)17-10-6-4-5-7-11-17/h8-9,13,15H,3-7,10-11,16H2,1-2H3. The summed E-state index contributed by atoms with van der Waals surface area (Å²) in [6.07, 6.45) is 6.48. The van der Waals surface area contributed by atoms with Crippen molar-refractivity contribution in [2.24, 2.45) is 5.73 Å². The average molecular weight is 266 g/mol. The lowest BCUT2D eigenvalue weighted by molar-refractivity contribution is 0.178. The van der Waals surface area contributed by atoms with Crippen LogP contribution in [0, 0.1) is 6.92 Å². The first-order chi connectivity index (χ1) is 8.72. The fourth-order valence-corrected chi connectivity index (χ4v) is 3.96. The zero-order chi connectivity index (χ0) is 13.0. The molecule has 1 aliphatic rings. The summed E-state index contributed by atoms with van der Waals surface area (Å²) in [4.78, 5) is 5.49. The molecule has 3 heteroatoms. The second kappa shape index (κ2) is 6.69. The molecule has 0 saturated carbocycles. The molecule has 0 bridgehead atoms. The Hall–Kier alpha value is -0.380. The van der Waals surface area contributed by atoms with Crippen LogP contribution >= 0.6 is 11.3 Å².